The van der Waals surface area contributed by atoms with Gasteiger partial charge >= 0.3 is 0 Å². The maximum absolute atomic E-state index is 12.3. The van der Waals surface area contributed by atoms with Crippen molar-refractivity contribution < 1.29 is 9.53 Å². The first-order valence-corrected chi connectivity index (χ1v) is 10.9. The number of methoxy groups -OCH3 is 1. The number of nitrogens with zero attached hydrogens (tertiary/aromatic N) is 1. The van der Waals surface area contributed by atoms with E-state index in [1.165, 1.54) is 15.4 Å². The number of likely N-dealkylation sites (tertiary alicyclic amines) is 1. The van der Waals surface area contributed by atoms with Gasteiger partial charge in [0, 0.05) is 35.6 Å². The normalized spacial score (nSPS) is 16.9. The van der Waals surface area contributed by atoms with Gasteiger partial charge in [-0.2, -0.15) is 0 Å². The fourth-order valence-corrected chi connectivity index (χ4v) is 5.22. The van der Waals surface area contributed by atoms with Crippen LogP contribution in [0.25, 0.3) is 0 Å². The zero-order chi connectivity index (χ0) is 19.5. The maximum Gasteiger partial charge on any atom is 0.160 e. The van der Waals surface area contributed by atoms with Crippen molar-refractivity contribution in [3.05, 3.63) is 47.5 Å². The number of rotatable bonds is 6. The zero-order valence-electron chi connectivity index (χ0n) is 16.7. The first kappa shape index (κ1) is 19.5. The van der Waals surface area contributed by atoms with Crippen LogP contribution in [0.3, 0.4) is 0 Å². The Kier molecular flexibility index (Phi) is 6.04. The molecule has 1 fully saturated rings. The molecule has 2 aliphatic rings. The van der Waals surface area contributed by atoms with Gasteiger partial charge in [0.15, 0.2) is 5.78 Å². The molecule has 0 atom stereocenters. The molecule has 5 heteroatoms. The van der Waals surface area contributed by atoms with E-state index in [0.717, 1.165) is 62.3 Å². The highest BCUT2D eigenvalue weighted by Crippen LogP contribution is 2.46. The molecule has 2 heterocycles. The summed E-state index contributed by atoms with van der Waals surface area (Å²) in [5, 5.41) is 3.60. The molecule has 0 radical (unpaired) electrons. The van der Waals surface area contributed by atoms with Crippen LogP contribution in [-0.2, 0) is 11.2 Å². The number of piperidine rings is 1. The molecule has 2 aromatic carbocycles. The van der Waals surface area contributed by atoms with Crippen LogP contribution in [0.15, 0.2) is 46.2 Å². The highest BCUT2D eigenvalue weighted by atomic mass is 32.2. The first-order chi connectivity index (χ1) is 13.7. The van der Waals surface area contributed by atoms with E-state index in [1.807, 2.05) is 13.2 Å². The molecule has 0 aliphatic carbocycles. The second-order valence-corrected chi connectivity index (χ2v) is 8.71. The molecule has 4 rings (SSSR count). The largest absolute Gasteiger partial charge is 0.381 e. The van der Waals surface area contributed by atoms with Crippen LogP contribution in [0.2, 0.25) is 0 Å². The number of carbonyl (C=O) groups is 1. The Morgan fingerprint density at radius 3 is 2.71 bits per heavy atom. The Morgan fingerprint density at radius 1 is 1.18 bits per heavy atom. The SMILES string of the molecule is COC1CCN(CCCc2c(C(C)=O)ccc3c2Nc2ccccc2S3)CC1. The summed E-state index contributed by atoms with van der Waals surface area (Å²) in [6.45, 7) is 4.95. The fraction of sp³-hybridized carbons (Fsp3) is 0.435. The van der Waals surface area contributed by atoms with Gasteiger partial charge in [0.25, 0.3) is 0 Å². The Labute approximate surface area is 171 Å². The predicted octanol–water partition coefficient (Wildman–Crippen LogP) is 5.14. The van der Waals surface area contributed by atoms with Crippen LogP contribution in [0.4, 0.5) is 11.4 Å². The van der Waals surface area contributed by atoms with Crippen LogP contribution in [0.1, 0.15) is 42.1 Å². The van der Waals surface area contributed by atoms with Gasteiger partial charge in [-0.15, -0.1) is 0 Å². The number of anilines is 2. The summed E-state index contributed by atoms with van der Waals surface area (Å²) in [4.78, 5) is 17.2. The number of nitrogens with one attached hydrogen (secondary N) is 1. The smallest absolute Gasteiger partial charge is 0.160 e. The molecule has 4 nitrogen and oxygen atoms in total. The molecule has 0 bridgehead atoms. The van der Waals surface area contributed by atoms with Crippen molar-refractivity contribution in [3.63, 3.8) is 0 Å². The van der Waals surface area contributed by atoms with E-state index in [9.17, 15) is 4.79 Å². The average molecular weight is 397 g/mol. The monoisotopic (exact) mass is 396 g/mol. The molecule has 2 aliphatic heterocycles. The second-order valence-electron chi connectivity index (χ2n) is 7.62. The van der Waals surface area contributed by atoms with Crippen molar-refractivity contribution in [2.45, 2.75) is 48.5 Å². The van der Waals surface area contributed by atoms with Gasteiger partial charge in [0.1, 0.15) is 0 Å². The summed E-state index contributed by atoms with van der Waals surface area (Å²) in [6, 6.07) is 12.4. The van der Waals surface area contributed by atoms with E-state index in [2.05, 4.69) is 40.5 Å². The van der Waals surface area contributed by atoms with Gasteiger partial charge in [-0.1, -0.05) is 23.9 Å². The lowest BCUT2D eigenvalue weighted by molar-refractivity contribution is 0.0409. The standard InChI is InChI=1S/C23H28N2O2S/c1-16(26)18-9-10-22-23(24-20-7-3-4-8-21(20)28-22)19(18)6-5-13-25-14-11-17(27-2)12-15-25/h3-4,7-10,17,24H,5-6,11-15H2,1-2H3. The van der Waals surface area contributed by atoms with Crippen molar-refractivity contribution in [1.82, 2.24) is 4.90 Å². The summed E-state index contributed by atoms with van der Waals surface area (Å²) in [5.41, 5.74) is 4.26. The summed E-state index contributed by atoms with van der Waals surface area (Å²) >= 11 is 1.78. The second kappa shape index (κ2) is 8.68. The number of para-hydroxylation sites is 1. The number of hydrogen-bond acceptors (Lipinski definition) is 5. The molecule has 148 valence electrons. The quantitative estimate of drug-likeness (QED) is 0.584. The third kappa shape index (κ3) is 4.12. The third-order valence-electron chi connectivity index (χ3n) is 5.79. The van der Waals surface area contributed by atoms with Gasteiger partial charge in [0.05, 0.1) is 17.5 Å². The number of fused-ring (bicyclic) bond motifs is 2. The molecule has 0 amide bonds. The number of ketones is 1. The molecule has 0 saturated carbocycles. The minimum absolute atomic E-state index is 0.143. The molecule has 1 N–H and O–H groups in total. The van der Waals surface area contributed by atoms with Gasteiger partial charge in [0.2, 0.25) is 0 Å². The number of ether oxygens (including phenoxy) is 1. The Morgan fingerprint density at radius 2 is 1.96 bits per heavy atom. The lowest BCUT2D eigenvalue weighted by atomic mass is 9.97. The summed E-state index contributed by atoms with van der Waals surface area (Å²) in [5.74, 6) is 0.143. The topological polar surface area (TPSA) is 41.6 Å². The van der Waals surface area contributed by atoms with Crippen LogP contribution in [0, 0.1) is 0 Å². The van der Waals surface area contributed by atoms with E-state index in [0.29, 0.717) is 6.10 Å². The Hall–Kier alpha value is -1.82. The molecule has 0 spiro atoms. The first-order valence-electron chi connectivity index (χ1n) is 10.1. The molecule has 1 saturated heterocycles. The van der Waals surface area contributed by atoms with Gasteiger partial charge < -0.3 is 15.0 Å². The number of hydrogen-bond donors (Lipinski definition) is 1. The van der Waals surface area contributed by atoms with Crippen LogP contribution in [0.5, 0.6) is 0 Å². The minimum Gasteiger partial charge on any atom is -0.381 e. The van der Waals surface area contributed by atoms with Crippen molar-refractivity contribution >= 4 is 28.9 Å². The number of Topliss-reactive ketones (excluding diaryl/α,β-unsaturated/α-hetero) is 1. The van der Waals surface area contributed by atoms with Gasteiger partial charge in [-0.25, -0.2) is 0 Å². The molecular formula is C23H28N2O2S. The highest BCUT2D eigenvalue weighted by Gasteiger charge is 2.23. The van der Waals surface area contributed by atoms with Crippen molar-refractivity contribution in [3.8, 4) is 0 Å². The minimum atomic E-state index is 0.143. The van der Waals surface area contributed by atoms with Crippen molar-refractivity contribution in [1.29, 1.82) is 0 Å². The van der Waals surface area contributed by atoms with Gasteiger partial charge in [-0.3, -0.25) is 4.79 Å². The lowest BCUT2D eigenvalue weighted by Crippen LogP contribution is -2.37. The van der Waals surface area contributed by atoms with Crippen LogP contribution < -0.4 is 5.32 Å². The fourth-order valence-electron chi connectivity index (χ4n) is 4.20. The molecular weight excluding hydrogens is 368 g/mol. The highest BCUT2D eigenvalue weighted by molar-refractivity contribution is 7.99. The number of carbonyl (C=O) groups excluding carboxylic acids is 1. The molecule has 28 heavy (non-hydrogen) atoms. The lowest BCUT2D eigenvalue weighted by Gasteiger charge is -2.31. The Balaban J connectivity index is 1.49. The summed E-state index contributed by atoms with van der Waals surface area (Å²) < 4.78 is 5.47. The van der Waals surface area contributed by atoms with E-state index in [-0.39, 0.29) is 5.78 Å². The van der Waals surface area contributed by atoms with E-state index in [1.54, 1.807) is 18.7 Å². The summed E-state index contributed by atoms with van der Waals surface area (Å²) in [6.07, 6.45) is 4.62. The average Bonchev–Trinajstić information content (AvgIpc) is 2.72. The van der Waals surface area contributed by atoms with E-state index in [4.69, 9.17) is 4.74 Å². The number of benzene rings is 2. The van der Waals surface area contributed by atoms with Gasteiger partial charge in [-0.05, 0) is 69.0 Å². The summed E-state index contributed by atoms with van der Waals surface area (Å²) in [7, 11) is 1.81. The van der Waals surface area contributed by atoms with E-state index < -0.39 is 0 Å². The van der Waals surface area contributed by atoms with Crippen LogP contribution >= 0.6 is 11.8 Å². The van der Waals surface area contributed by atoms with E-state index >= 15 is 0 Å². The molecule has 0 aromatic heterocycles. The Bertz CT molecular complexity index is 860. The van der Waals surface area contributed by atoms with Crippen molar-refractivity contribution in [2.24, 2.45) is 0 Å². The molecule has 0 unspecified atom stereocenters. The zero-order valence-corrected chi connectivity index (χ0v) is 17.5. The van der Waals surface area contributed by atoms with Crippen molar-refractivity contribution in [2.75, 3.05) is 32.1 Å². The maximum atomic E-state index is 12.3. The predicted molar refractivity (Wildman–Crippen MR) is 115 cm³/mol. The van der Waals surface area contributed by atoms with Crippen LogP contribution in [-0.4, -0.2) is 43.5 Å². The third-order valence-corrected chi connectivity index (χ3v) is 6.93. The molecule has 2 aromatic rings.